The van der Waals surface area contributed by atoms with Crippen molar-refractivity contribution in [1.82, 2.24) is 20.3 Å². The maximum Gasteiger partial charge on any atom is 0.193 e. The molecule has 1 N–H and O–H groups in total. The number of para-hydroxylation sites is 2. The Morgan fingerprint density at radius 3 is 2.53 bits per heavy atom. The van der Waals surface area contributed by atoms with E-state index in [0.29, 0.717) is 6.54 Å². The molecule has 1 atom stereocenters. The van der Waals surface area contributed by atoms with Gasteiger partial charge in [0.05, 0.1) is 19.3 Å². The lowest BCUT2D eigenvalue weighted by atomic mass is 10.3. The van der Waals surface area contributed by atoms with Crippen LogP contribution in [0.4, 0.5) is 0 Å². The fourth-order valence-corrected chi connectivity index (χ4v) is 3.38. The third-order valence-electron chi connectivity index (χ3n) is 4.89. The summed E-state index contributed by atoms with van der Waals surface area (Å²) in [4.78, 5) is 9.10. The van der Waals surface area contributed by atoms with Gasteiger partial charge in [0, 0.05) is 45.8 Å². The smallest absolute Gasteiger partial charge is 0.193 e. The van der Waals surface area contributed by atoms with E-state index in [-0.39, 0.29) is 30.1 Å². The zero-order valence-electron chi connectivity index (χ0n) is 18.1. The normalized spacial score (nSPS) is 16.0. The first-order valence-electron chi connectivity index (χ1n) is 9.99. The van der Waals surface area contributed by atoms with Gasteiger partial charge < -0.3 is 24.2 Å². The average molecular weight is 529 g/mol. The highest BCUT2D eigenvalue weighted by molar-refractivity contribution is 14.0. The van der Waals surface area contributed by atoms with E-state index in [9.17, 15) is 0 Å². The molecular formula is C21H32IN5O3. The Hall–Kier alpha value is -2.01. The van der Waals surface area contributed by atoms with Crippen LogP contribution in [0.5, 0.6) is 11.5 Å². The Labute approximate surface area is 195 Å². The van der Waals surface area contributed by atoms with Crippen molar-refractivity contribution >= 4 is 29.9 Å². The van der Waals surface area contributed by atoms with Gasteiger partial charge in [0.15, 0.2) is 17.5 Å². The molecule has 1 aliphatic rings. The second kappa shape index (κ2) is 12.0. The summed E-state index contributed by atoms with van der Waals surface area (Å²) in [6, 6.07) is 9.68. The van der Waals surface area contributed by atoms with Gasteiger partial charge in [-0.2, -0.15) is 0 Å². The molecule has 1 aromatic carbocycles. The van der Waals surface area contributed by atoms with E-state index in [1.165, 1.54) is 0 Å². The lowest BCUT2D eigenvalue weighted by Crippen LogP contribution is -2.53. The number of aryl methyl sites for hydroxylation is 1. The molecule has 0 radical (unpaired) electrons. The quantitative estimate of drug-likeness (QED) is 0.336. The summed E-state index contributed by atoms with van der Waals surface area (Å²) in [7, 11) is 3.47. The second-order valence-corrected chi connectivity index (χ2v) is 7.20. The molecule has 9 heteroatoms. The van der Waals surface area contributed by atoms with Gasteiger partial charge in [-0.25, -0.2) is 0 Å². The van der Waals surface area contributed by atoms with Gasteiger partial charge in [-0.1, -0.05) is 17.3 Å². The fourth-order valence-electron chi connectivity index (χ4n) is 3.38. The van der Waals surface area contributed by atoms with Crippen molar-refractivity contribution < 1.29 is 14.0 Å². The molecule has 0 spiro atoms. The van der Waals surface area contributed by atoms with Crippen molar-refractivity contribution in [3.05, 3.63) is 41.8 Å². The van der Waals surface area contributed by atoms with Crippen molar-refractivity contribution in [1.29, 1.82) is 0 Å². The zero-order valence-corrected chi connectivity index (χ0v) is 20.5. The van der Waals surface area contributed by atoms with E-state index < -0.39 is 0 Å². The third-order valence-corrected chi connectivity index (χ3v) is 4.89. The summed E-state index contributed by atoms with van der Waals surface area (Å²) in [5, 5.41) is 7.52. The first-order valence-corrected chi connectivity index (χ1v) is 9.99. The van der Waals surface area contributed by atoms with Crippen LogP contribution in [0.1, 0.15) is 18.4 Å². The molecule has 2 heterocycles. The van der Waals surface area contributed by atoms with Crippen LogP contribution in [-0.4, -0.2) is 73.9 Å². The number of nitrogens with one attached hydrogen (secondary N) is 1. The number of aromatic nitrogens is 1. The second-order valence-electron chi connectivity index (χ2n) is 7.20. The molecule has 1 fully saturated rings. The minimum absolute atomic E-state index is 0. The third kappa shape index (κ3) is 6.76. The Morgan fingerprint density at radius 2 is 1.93 bits per heavy atom. The fraction of sp³-hybridized carbons (Fsp3) is 0.524. The Morgan fingerprint density at radius 1 is 1.23 bits per heavy atom. The van der Waals surface area contributed by atoms with Crippen LogP contribution in [-0.2, 0) is 6.54 Å². The van der Waals surface area contributed by atoms with Crippen molar-refractivity contribution in [2.24, 2.45) is 4.99 Å². The molecule has 3 rings (SSSR count). The molecule has 0 bridgehead atoms. The molecule has 1 aromatic heterocycles. The summed E-state index contributed by atoms with van der Waals surface area (Å²) in [6.07, 6.45) is -0.0280. The van der Waals surface area contributed by atoms with Crippen LogP contribution in [0.2, 0.25) is 0 Å². The van der Waals surface area contributed by atoms with Gasteiger partial charge in [0.2, 0.25) is 0 Å². The highest BCUT2D eigenvalue weighted by Gasteiger charge is 2.21. The molecular weight excluding hydrogens is 497 g/mol. The molecule has 166 valence electrons. The molecule has 30 heavy (non-hydrogen) atoms. The largest absolute Gasteiger partial charge is 0.493 e. The molecule has 2 aromatic rings. The summed E-state index contributed by atoms with van der Waals surface area (Å²) >= 11 is 0. The van der Waals surface area contributed by atoms with Crippen molar-refractivity contribution in [2.45, 2.75) is 26.5 Å². The summed E-state index contributed by atoms with van der Waals surface area (Å²) in [6.45, 7) is 9.17. The van der Waals surface area contributed by atoms with Crippen LogP contribution in [0, 0.1) is 6.92 Å². The molecule has 1 unspecified atom stereocenters. The van der Waals surface area contributed by atoms with E-state index in [1.807, 2.05) is 51.2 Å². The lowest BCUT2D eigenvalue weighted by Gasteiger charge is -2.36. The zero-order chi connectivity index (χ0) is 20.6. The van der Waals surface area contributed by atoms with Crippen LogP contribution in [0.15, 0.2) is 39.8 Å². The van der Waals surface area contributed by atoms with E-state index >= 15 is 0 Å². The number of halogens is 1. The topological polar surface area (TPSA) is 75.4 Å². The molecule has 0 amide bonds. The minimum atomic E-state index is -0.0280. The summed E-state index contributed by atoms with van der Waals surface area (Å²) in [5.74, 6) is 3.24. The van der Waals surface area contributed by atoms with E-state index in [4.69, 9.17) is 14.0 Å². The van der Waals surface area contributed by atoms with Gasteiger partial charge in [0.25, 0.3) is 0 Å². The first-order chi connectivity index (χ1) is 14.1. The van der Waals surface area contributed by atoms with Gasteiger partial charge >= 0.3 is 0 Å². The predicted molar refractivity (Wildman–Crippen MR) is 128 cm³/mol. The molecule has 0 saturated carbocycles. The standard InChI is InChI=1S/C21H31N5O3.HI/c1-16-13-18(24-29-16)15-25-9-11-26(12-10-25)21(22-3)23-14-17(2)28-20-8-6-5-7-19(20)27-4;/h5-8,13,17H,9-12,14-15H2,1-4H3,(H,22,23);1H. The number of nitrogens with zero attached hydrogens (tertiary/aromatic N) is 4. The maximum atomic E-state index is 6.02. The van der Waals surface area contributed by atoms with Gasteiger partial charge in [-0.15, -0.1) is 24.0 Å². The number of ether oxygens (including phenoxy) is 2. The Bertz CT molecular complexity index is 805. The van der Waals surface area contributed by atoms with Crippen LogP contribution < -0.4 is 14.8 Å². The van der Waals surface area contributed by atoms with Gasteiger partial charge in [-0.05, 0) is 26.0 Å². The van der Waals surface area contributed by atoms with E-state index in [0.717, 1.165) is 61.6 Å². The van der Waals surface area contributed by atoms with Crippen LogP contribution in [0.25, 0.3) is 0 Å². The molecule has 1 saturated heterocycles. The van der Waals surface area contributed by atoms with Crippen molar-refractivity contribution in [3.63, 3.8) is 0 Å². The Balaban J connectivity index is 0.00000320. The van der Waals surface area contributed by atoms with E-state index in [2.05, 4.69) is 25.3 Å². The number of piperazine rings is 1. The SMILES string of the molecule is CN=C(NCC(C)Oc1ccccc1OC)N1CCN(Cc2cc(C)on2)CC1.I. The minimum Gasteiger partial charge on any atom is -0.493 e. The maximum absolute atomic E-state index is 6.02. The molecule has 1 aliphatic heterocycles. The van der Waals surface area contributed by atoms with Crippen LogP contribution in [0.3, 0.4) is 0 Å². The number of methoxy groups -OCH3 is 1. The Kier molecular flexibility index (Phi) is 9.70. The van der Waals surface area contributed by atoms with Crippen LogP contribution >= 0.6 is 24.0 Å². The number of rotatable bonds is 7. The average Bonchev–Trinajstić information content (AvgIpc) is 3.14. The number of guanidine groups is 1. The molecule has 0 aliphatic carbocycles. The first kappa shape index (κ1) is 24.3. The van der Waals surface area contributed by atoms with E-state index in [1.54, 1.807) is 7.11 Å². The number of hydrogen-bond donors (Lipinski definition) is 1. The summed E-state index contributed by atoms with van der Waals surface area (Å²) in [5.41, 5.74) is 0.987. The highest BCUT2D eigenvalue weighted by Crippen LogP contribution is 2.26. The number of benzene rings is 1. The summed E-state index contributed by atoms with van der Waals surface area (Å²) < 4.78 is 16.5. The predicted octanol–water partition coefficient (Wildman–Crippen LogP) is 2.77. The highest BCUT2D eigenvalue weighted by atomic mass is 127. The number of hydrogen-bond acceptors (Lipinski definition) is 6. The van der Waals surface area contributed by atoms with Crippen molar-refractivity contribution in [2.75, 3.05) is 46.9 Å². The van der Waals surface area contributed by atoms with Gasteiger partial charge in [-0.3, -0.25) is 9.89 Å². The van der Waals surface area contributed by atoms with Crippen molar-refractivity contribution in [3.8, 4) is 11.5 Å². The monoisotopic (exact) mass is 529 g/mol. The van der Waals surface area contributed by atoms with Gasteiger partial charge in [0.1, 0.15) is 11.9 Å². The molecule has 8 nitrogen and oxygen atoms in total. The number of aliphatic imine (C=N–C) groups is 1. The lowest BCUT2D eigenvalue weighted by molar-refractivity contribution is 0.166.